The van der Waals surface area contributed by atoms with E-state index in [4.69, 9.17) is 0 Å². The first-order valence-electron chi connectivity index (χ1n) is 3.13. The molecule has 0 fully saturated rings. The van der Waals surface area contributed by atoms with E-state index >= 15 is 0 Å². The Hall–Kier alpha value is -0.780. The van der Waals surface area contributed by atoms with Crippen molar-refractivity contribution in [1.82, 2.24) is 9.97 Å². The van der Waals surface area contributed by atoms with Crippen LogP contribution in [0.25, 0.3) is 11.0 Å². The van der Waals surface area contributed by atoms with Crippen molar-refractivity contribution in [2.75, 3.05) is 0 Å². The van der Waals surface area contributed by atoms with Crippen LogP contribution in [0.1, 0.15) is 0 Å². The van der Waals surface area contributed by atoms with Crippen LogP contribution in [0.4, 0.5) is 0 Å². The van der Waals surface area contributed by atoms with E-state index in [2.05, 4.69) is 32.6 Å². The lowest BCUT2D eigenvalue weighted by Crippen LogP contribution is -2.01. The maximum absolute atomic E-state index is 10.9. The topological polar surface area (TPSA) is 48.6 Å². The number of nitrogens with one attached hydrogen (secondary N) is 2. The maximum Gasteiger partial charge on any atom is 0.248 e. The zero-order valence-electron chi connectivity index (χ0n) is 5.52. The summed E-state index contributed by atoms with van der Waals surface area (Å²) >= 11 is 2.17. The van der Waals surface area contributed by atoms with Crippen LogP contribution in [0, 0.1) is 3.57 Å². The molecule has 0 spiro atoms. The Morgan fingerprint density at radius 3 is 3.00 bits per heavy atom. The van der Waals surface area contributed by atoms with Crippen LogP contribution in [0.5, 0.6) is 0 Å². The molecule has 0 aliphatic carbocycles. The molecule has 0 amide bonds. The number of aromatic nitrogens is 2. The fourth-order valence-electron chi connectivity index (χ4n) is 0.996. The molecule has 4 heteroatoms. The maximum atomic E-state index is 10.9. The molecule has 2 heterocycles. The molecule has 2 rings (SSSR count). The van der Waals surface area contributed by atoms with E-state index in [9.17, 15) is 4.79 Å². The lowest BCUT2D eigenvalue weighted by atomic mass is 10.4. The number of halogens is 1. The van der Waals surface area contributed by atoms with E-state index in [0.717, 1.165) is 14.6 Å². The molecular weight excluding hydrogens is 255 g/mol. The first-order chi connectivity index (χ1) is 5.27. The second-order valence-corrected chi connectivity index (χ2v) is 3.41. The summed E-state index contributed by atoms with van der Waals surface area (Å²) in [5.74, 6) is 0. The minimum atomic E-state index is -0.0602. The fraction of sp³-hybridized carbons (Fsp3) is 0. The summed E-state index contributed by atoms with van der Waals surface area (Å²) in [6.07, 6.45) is 1.86. The van der Waals surface area contributed by atoms with E-state index in [0.29, 0.717) is 0 Å². The molecule has 0 aliphatic heterocycles. The van der Waals surface area contributed by atoms with Gasteiger partial charge in [0.25, 0.3) is 0 Å². The van der Waals surface area contributed by atoms with Gasteiger partial charge in [0.15, 0.2) is 0 Å². The van der Waals surface area contributed by atoms with E-state index in [1.54, 1.807) is 6.07 Å². The highest BCUT2D eigenvalue weighted by molar-refractivity contribution is 14.1. The largest absolute Gasteiger partial charge is 0.359 e. The Morgan fingerprint density at radius 2 is 2.18 bits per heavy atom. The molecule has 0 unspecified atom stereocenters. The van der Waals surface area contributed by atoms with Crippen LogP contribution >= 0.6 is 22.6 Å². The average Bonchev–Trinajstić information content (AvgIpc) is 2.33. The number of hydrogen-bond acceptors (Lipinski definition) is 1. The predicted molar refractivity (Wildman–Crippen MR) is 51.6 cm³/mol. The summed E-state index contributed by atoms with van der Waals surface area (Å²) in [6, 6.07) is 3.28. The van der Waals surface area contributed by atoms with Gasteiger partial charge in [0.2, 0.25) is 5.56 Å². The Bertz CT molecular complexity index is 443. The highest BCUT2D eigenvalue weighted by Gasteiger charge is 1.98. The van der Waals surface area contributed by atoms with Crippen molar-refractivity contribution in [3.05, 3.63) is 32.3 Å². The van der Waals surface area contributed by atoms with Crippen LogP contribution in [0.3, 0.4) is 0 Å². The highest BCUT2D eigenvalue weighted by Crippen LogP contribution is 2.14. The third-order valence-electron chi connectivity index (χ3n) is 1.51. The molecule has 56 valence electrons. The molecule has 11 heavy (non-hydrogen) atoms. The lowest BCUT2D eigenvalue weighted by molar-refractivity contribution is 1.30. The van der Waals surface area contributed by atoms with Gasteiger partial charge in [-0.3, -0.25) is 4.79 Å². The number of pyridine rings is 1. The highest BCUT2D eigenvalue weighted by atomic mass is 127. The Balaban J connectivity index is 2.98. The lowest BCUT2D eigenvalue weighted by Gasteiger charge is -1.87. The molecule has 2 aromatic heterocycles. The fourth-order valence-corrected chi connectivity index (χ4v) is 1.58. The molecule has 0 radical (unpaired) electrons. The number of aromatic amines is 2. The van der Waals surface area contributed by atoms with Crippen LogP contribution < -0.4 is 5.56 Å². The summed E-state index contributed by atoms with van der Waals surface area (Å²) in [7, 11) is 0. The van der Waals surface area contributed by atoms with E-state index in [-0.39, 0.29) is 5.56 Å². The average molecular weight is 260 g/mol. The molecule has 2 N–H and O–H groups in total. The Labute approximate surface area is 76.0 Å². The third-order valence-corrected chi connectivity index (χ3v) is 2.36. The summed E-state index contributed by atoms with van der Waals surface area (Å²) in [5.41, 5.74) is 1.79. The molecule has 0 atom stereocenters. The quantitative estimate of drug-likeness (QED) is 0.692. The molecule has 0 aliphatic rings. The van der Waals surface area contributed by atoms with E-state index in [1.165, 1.54) is 6.07 Å². The van der Waals surface area contributed by atoms with Gasteiger partial charge in [-0.1, -0.05) is 0 Å². The van der Waals surface area contributed by atoms with Gasteiger partial charge in [-0.05, 0) is 28.7 Å². The summed E-state index contributed by atoms with van der Waals surface area (Å²) in [6.45, 7) is 0. The summed E-state index contributed by atoms with van der Waals surface area (Å²) < 4.78 is 1.04. The van der Waals surface area contributed by atoms with Crippen molar-refractivity contribution < 1.29 is 0 Å². The van der Waals surface area contributed by atoms with Gasteiger partial charge >= 0.3 is 0 Å². The van der Waals surface area contributed by atoms with Crippen LogP contribution in [0.2, 0.25) is 0 Å². The Kier molecular flexibility index (Phi) is 1.49. The van der Waals surface area contributed by atoms with Crippen molar-refractivity contribution in [2.45, 2.75) is 0 Å². The second kappa shape index (κ2) is 2.37. The first kappa shape index (κ1) is 6.90. The van der Waals surface area contributed by atoms with Gasteiger partial charge in [0, 0.05) is 12.3 Å². The van der Waals surface area contributed by atoms with Gasteiger partial charge in [0.05, 0.1) is 14.6 Å². The zero-order valence-corrected chi connectivity index (χ0v) is 7.68. The molecule has 3 nitrogen and oxygen atoms in total. The molecule has 0 saturated heterocycles. The minimum absolute atomic E-state index is 0.0602. The minimum Gasteiger partial charge on any atom is -0.359 e. The number of H-pyrrole nitrogens is 2. The Morgan fingerprint density at radius 1 is 1.36 bits per heavy atom. The van der Waals surface area contributed by atoms with Crippen molar-refractivity contribution in [2.24, 2.45) is 0 Å². The van der Waals surface area contributed by atoms with Crippen molar-refractivity contribution in [3.8, 4) is 0 Å². The molecule has 0 bridgehead atoms. The van der Waals surface area contributed by atoms with Crippen molar-refractivity contribution in [3.63, 3.8) is 0 Å². The van der Waals surface area contributed by atoms with E-state index in [1.807, 2.05) is 6.20 Å². The number of hydrogen-bond donors (Lipinski definition) is 2. The molecule has 2 aromatic rings. The van der Waals surface area contributed by atoms with Crippen molar-refractivity contribution in [1.29, 1.82) is 0 Å². The van der Waals surface area contributed by atoms with Gasteiger partial charge in [-0.15, -0.1) is 0 Å². The zero-order chi connectivity index (χ0) is 7.84. The monoisotopic (exact) mass is 260 g/mol. The molecule has 0 aromatic carbocycles. The van der Waals surface area contributed by atoms with Crippen molar-refractivity contribution >= 4 is 33.6 Å². The predicted octanol–water partition coefficient (Wildman–Crippen LogP) is 1.46. The second-order valence-electron chi connectivity index (χ2n) is 2.25. The van der Waals surface area contributed by atoms with E-state index < -0.39 is 0 Å². The van der Waals surface area contributed by atoms with Crippen LogP contribution in [0.15, 0.2) is 23.1 Å². The van der Waals surface area contributed by atoms with Gasteiger partial charge < -0.3 is 9.97 Å². The SMILES string of the molecule is O=c1ccc2[nH]cc(I)c2[nH]1. The summed E-state index contributed by atoms with van der Waals surface area (Å²) in [5, 5.41) is 0. The molecular formula is C7H5IN2O. The first-order valence-corrected chi connectivity index (χ1v) is 4.21. The third kappa shape index (κ3) is 1.07. The summed E-state index contributed by atoms with van der Waals surface area (Å²) in [4.78, 5) is 16.6. The number of rotatable bonds is 0. The normalized spacial score (nSPS) is 10.6. The smallest absolute Gasteiger partial charge is 0.248 e. The van der Waals surface area contributed by atoms with Gasteiger partial charge in [-0.25, -0.2) is 0 Å². The molecule has 0 saturated carbocycles. The van der Waals surface area contributed by atoms with Gasteiger partial charge in [-0.2, -0.15) is 0 Å². The standard InChI is InChI=1S/C7H5IN2O/c8-4-3-9-5-1-2-6(11)10-7(4)5/h1-3,9H,(H,10,11). The van der Waals surface area contributed by atoms with Crippen LogP contribution in [-0.2, 0) is 0 Å². The van der Waals surface area contributed by atoms with Crippen LogP contribution in [-0.4, -0.2) is 9.97 Å². The number of fused-ring (bicyclic) bond motifs is 1. The van der Waals surface area contributed by atoms with Gasteiger partial charge in [0.1, 0.15) is 0 Å².